The third-order valence-corrected chi connectivity index (χ3v) is 4.23. The molecule has 1 heterocycles. The van der Waals surface area contributed by atoms with E-state index in [1.165, 1.54) is 9.80 Å². The second kappa shape index (κ2) is 6.09. The lowest BCUT2D eigenvalue weighted by atomic mass is 10.3. The average molecular weight is 385 g/mol. The minimum absolute atomic E-state index is 0.0632. The lowest BCUT2D eigenvalue weighted by molar-refractivity contribution is 0.257. The average Bonchev–Trinajstić information content (AvgIpc) is 2.68. The lowest BCUT2D eigenvalue weighted by Crippen LogP contribution is -2.33. The van der Waals surface area contributed by atoms with E-state index in [2.05, 4.69) is 0 Å². The van der Waals surface area contributed by atoms with Gasteiger partial charge >= 0.3 is 6.03 Å². The van der Waals surface area contributed by atoms with Crippen LogP contribution in [0.25, 0.3) is 0 Å². The van der Waals surface area contributed by atoms with Crippen LogP contribution in [0, 0.1) is 5.41 Å². The second-order valence-electron chi connectivity index (χ2n) is 4.71. The maximum absolute atomic E-state index is 12.8. The van der Waals surface area contributed by atoms with Crippen LogP contribution in [0.2, 0.25) is 15.1 Å². The Balaban J connectivity index is 2.06. The summed E-state index contributed by atoms with van der Waals surface area (Å²) in [5, 5.41) is 9.35. The zero-order valence-corrected chi connectivity index (χ0v) is 14.5. The van der Waals surface area contributed by atoms with Crippen LogP contribution in [0.5, 0.6) is 0 Å². The molecule has 0 aromatic heterocycles. The number of urea groups is 1. The Morgan fingerprint density at radius 3 is 2.09 bits per heavy atom. The monoisotopic (exact) mass is 383 g/mol. The Morgan fingerprint density at radius 1 is 0.870 bits per heavy atom. The molecule has 0 unspecified atom stereocenters. The van der Waals surface area contributed by atoms with E-state index in [0.717, 1.165) is 0 Å². The molecule has 4 nitrogen and oxygen atoms in total. The SMILES string of the molecule is N=C1C(=S)N(c2cc(Cl)cc(Cl)c2)C(=O)N1c1cccc(Cl)c1. The van der Waals surface area contributed by atoms with Gasteiger partial charge in [0.2, 0.25) is 0 Å². The number of carbonyl (C=O) groups is 1. The first-order valence-corrected chi connectivity index (χ1v) is 7.91. The second-order valence-corrected chi connectivity index (χ2v) is 6.41. The molecule has 2 aromatic carbocycles. The highest BCUT2D eigenvalue weighted by Crippen LogP contribution is 2.32. The van der Waals surface area contributed by atoms with Crippen molar-refractivity contribution in [2.45, 2.75) is 0 Å². The van der Waals surface area contributed by atoms with Crippen molar-refractivity contribution in [1.82, 2.24) is 0 Å². The number of amidine groups is 1. The summed E-state index contributed by atoms with van der Waals surface area (Å²) in [4.78, 5) is 15.2. The molecule has 1 N–H and O–H groups in total. The summed E-state index contributed by atoms with van der Waals surface area (Å²) in [7, 11) is 0. The van der Waals surface area contributed by atoms with Crippen molar-refractivity contribution in [3.8, 4) is 0 Å². The lowest BCUT2D eigenvalue weighted by Gasteiger charge is -2.17. The van der Waals surface area contributed by atoms with Crippen molar-refractivity contribution in [2.24, 2.45) is 0 Å². The normalized spacial score (nSPS) is 14.8. The zero-order valence-electron chi connectivity index (χ0n) is 11.4. The van der Waals surface area contributed by atoms with E-state index >= 15 is 0 Å². The molecule has 8 heteroatoms. The number of nitrogens with zero attached hydrogens (tertiary/aromatic N) is 2. The summed E-state index contributed by atoms with van der Waals surface area (Å²) in [5.74, 6) is -0.108. The van der Waals surface area contributed by atoms with Gasteiger partial charge in [-0.2, -0.15) is 0 Å². The fraction of sp³-hybridized carbons (Fsp3) is 0. The summed E-state index contributed by atoms with van der Waals surface area (Å²) in [6.45, 7) is 0. The first-order valence-electron chi connectivity index (χ1n) is 6.37. The predicted molar refractivity (Wildman–Crippen MR) is 98.6 cm³/mol. The van der Waals surface area contributed by atoms with Crippen LogP contribution in [0.1, 0.15) is 0 Å². The molecule has 1 fully saturated rings. The molecule has 0 saturated carbocycles. The molecule has 0 atom stereocenters. The van der Waals surface area contributed by atoms with Crippen LogP contribution in [0.15, 0.2) is 42.5 Å². The maximum Gasteiger partial charge on any atom is 0.340 e. The summed E-state index contributed by atoms with van der Waals surface area (Å²) in [5.41, 5.74) is 0.872. The quantitative estimate of drug-likeness (QED) is 0.705. The number of nitrogens with one attached hydrogen (secondary N) is 1. The van der Waals surface area contributed by atoms with Gasteiger partial charge in [-0.3, -0.25) is 5.41 Å². The Kier molecular flexibility index (Phi) is 4.29. The van der Waals surface area contributed by atoms with Crippen LogP contribution in [0.4, 0.5) is 16.2 Å². The van der Waals surface area contributed by atoms with E-state index in [9.17, 15) is 4.79 Å². The van der Waals surface area contributed by atoms with Crippen LogP contribution in [-0.4, -0.2) is 16.9 Å². The van der Waals surface area contributed by atoms with Crippen molar-refractivity contribution in [3.05, 3.63) is 57.5 Å². The van der Waals surface area contributed by atoms with Crippen LogP contribution in [-0.2, 0) is 0 Å². The van der Waals surface area contributed by atoms with Crippen molar-refractivity contribution in [1.29, 1.82) is 5.41 Å². The zero-order chi connectivity index (χ0) is 16.7. The van der Waals surface area contributed by atoms with Crippen LogP contribution in [0.3, 0.4) is 0 Å². The molecular formula is C15H8Cl3N3OS. The third kappa shape index (κ3) is 2.93. The summed E-state index contributed by atoms with van der Waals surface area (Å²) < 4.78 is 0. The Bertz CT molecular complexity index is 835. The fourth-order valence-corrected chi connectivity index (χ4v) is 3.21. The number of anilines is 2. The third-order valence-electron chi connectivity index (χ3n) is 3.18. The highest BCUT2D eigenvalue weighted by atomic mass is 35.5. The van der Waals surface area contributed by atoms with E-state index < -0.39 is 6.03 Å². The Morgan fingerprint density at radius 2 is 1.48 bits per heavy atom. The fourth-order valence-electron chi connectivity index (χ4n) is 2.23. The van der Waals surface area contributed by atoms with Gasteiger partial charge in [-0.05, 0) is 36.4 Å². The summed E-state index contributed by atoms with van der Waals surface area (Å²) in [6, 6.07) is 10.8. The van der Waals surface area contributed by atoms with Crippen molar-refractivity contribution >= 4 is 75.3 Å². The van der Waals surface area contributed by atoms with Gasteiger partial charge in [0.15, 0.2) is 10.8 Å². The minimum atomic E-state index is -0.486. The van der Waals surface area contributed by atoms with E-state index in [0.29, 0.717) is 26.4 Å². The van der Waals surface area contributed by atoms with Crippen LogP contribution < -0.4 is 9.80 Å². The number of rotatable bonds is 2. The molecule has 0 aliphatic carbocycles. The standard InChI is InChI=1S/C15H8Cl3N3OS/c16-8-2-1-3-11(5-8)20-13(19)14(23)21(15(20)22)12-6-9(17)4-10(18)7-12/h1-7,19H. The van der Waals surface area contributed by atoms with E-state index in [1.807, 2.05) is 0 Å². The number of thiocarbonyl (C=S) groups is 1. The molecule has 0 spiro atoms. The van der Waals surface area contributed by atoms with Gasteiger partial charge in [0.25, 0.3) is 0 Å². The predicted octanol–water partition coefficient (Wildman–Crippen LogP) is 5.40. The Hall–Kier alpha value is -1.66. The molecule has 2 amide bonds. The number of hydrogen-bond acceptors (Lipinski definition) is 3. The molecular weight excluding hydrogens is 377 g/mol. The molecule has 23 heavy (non-hydrogen) atoms. The highest BCUT2D eigenvalue weighted by molar-refractivity contribution is 7.82. The van der Waals surface area contributed by atoms with Gasteiger partial charge < -0.3 is 0 Å². The largest absolute Gasteiger partial charge is 0.340 e. The highest BCUT2D eigenvalue weighted by Gasteiger charge is 2.40. The van der Waals surface area contributed by atoms with Gasteiger partial charge in [0.05, 0.1) is 11.4 Å². The van der Waals surface area contributed by atoms with Gasteiger partial charge in [-0.15, -0.1) is 0 Å². The molecule has 1 aliphatic heterocycles. The molecule has 116 valence electrons. The van der Waals surface area contributed by atoms with Crippen molar-refractivity contribution in [2.75, 3.05) is 9.80 Å². The van der Waals surface area contributed by atoms with Gasteiger partial charge in [0.1, 0.15) is 0 Å². The van der Waals surface area contributed by atoms with Crippen molar-refractivity contribution in [3.63, 3.8) is 0 Å². The molecule has 3 rings (SSSR count). The number of carbonyl (C=O) groups excluding carboxylic acids is 1. The number of hydrogen-bond donors (Lipinski definition) is 1. The first kappa shape index (κ1) is 16.2. The van der Waals surface area contributed by atoms with Crippen LogP contribution >= 0.6 is 47.0 Å². The molecule has 0 radical (unpaired) electrons. The topological polar surface area (TPSA) is 47.4 Å². The molecule has 1 saturated heterocycles. The summed E-state index contributed by atoms with van der Waals surface area (Å²) in [6.07, 6.45) is 0. The van der Waals surface area contributed by atoms with E-state index in [4.69, 9.17) is 52.4 Å². The van der Waals surface area contributed by atoms with Gasteiger partial charge in [-0.25, -0.2) is 14.6 Å². The number of amides is 2. The Labute approximate surface area is 152 Å². The summed E-state index contributed by atoms with van der Waals surface area (Å²) >= 11 is 23.2. The van der Waals surface area contributed by atoms with E-state index in [1.54, 1.807) is 42.5 Å². The number of benzene rings is 2. The molecule has 0 bridgehead atoms. The molecule has 1 aliphatic rings. The first-order chi connectivity index (χ1) is 10.9. The van der Waals surface area contributed by atoms with Crippen molar-refractivity contribution < 1.29 is 4.79 Å². The van der Waals surface area contributed by atoms with Gasteiger partial charge in [-0.1, -0.05) is 53.1 Å². The molecule has 2 aromatic rings. The van der Waals surface area contributed by atoms with Gasteiger partial charge in [0, 0.05) is 15.1 Å². The minimum Gasteiger partial charge on any atom is -0.281 e. The maximum atomic E-state index is 12.8. The van der Waals surface area contributed by atoms with E-state index in [-0.39, 0.29) is 10.8 Å². The smallest absolute Gasteiger partial charge is 0.281 e. The number of halogens is 3.